The number of pyridine rings is 1. The van der Waals surface area contributed by atoms with Gasteiger partial charge in [0.1, 0.15) is 10.8 Å². The van der Waals surface area contributed by atoms with Gasteiger partial charge in [-0.1, -0.05) is 24.1 Å². The van der Waals surface area contributed by atoms with Crippen LogP contribution in [0.2, 0.25) is 5.15 Å². The van der Waals surface area contributed by atoms with Crippen LogP contribution < -0.4 is 0 Å². The van der Waals surface area contributed by atoms with Crippen LogP contribution in [0, 0.1) is 0 Å². The van der Waals surface area contributed by atoms with E-state index in [4.69, 9.17) is 11.6 Å². The van der Waals surface area contributed by atoms with E-state index in [0.29, 0.717) is 16.9 Å². The highest BCUT2D eigenvalue weighted by Gasteiger charge is 2.28. The van der Waals surface area contributed by atoms with Crippen molar-refractivity contribution < 1.29 is 4.79 Å². The van der Waals surface area contributed by atoms with E-state index in [9.17, 15) is 4.79 Å². The van der Waals surface area contributed by atoms with Crippen molar-refractivity contribution in [2.24, 2.45) is 0 Å². The van der Waals surface area contributed by atoms with Crippen molar-refractivity contribution >= 4 is 17.5 Å². The predicted octanol–water partition coefficient (Wildman–Crippen LogP) is 2.83. The lowest BCUT2D eigenvalue weighted by atomic mass is 9.99. The average molecular weight is 308 g/mol. The molecule has 0 aliphatic carbocycles. The number of likely N-dealkylation sites (tertiary alicyclic amines) is 2. The zero-order valence-corrected chi connectivity index (χ0v) is 13.1. The summed E-state index contributed by atoms with van der Waals surface area (Å²) in [7, 11) is 0. The summed E-state index contributed by atoms with van der Waals surface area (Å²) in [6.07, 6.45) is 6.17. The monoisotopic (exact) mass is 307 g/mol. The van der Waals surface area contributed by atoms with Crippen LogP contribution >= 0.6 is 11.6 Å². The summed E-state index contributed by atoms with van der Waals surface area (Å²) in [4.78, 5) is 21.1. The molecule has 3 rings (SSSR count). The highest BCUT2D eigenvalue weighted by Crippen LogP contribution is 2.21. The first-order valence-corrected chi connectivity index (χ1v) is 8.28. The van der Waals surface area contributed by atoms with Crippen LogP contribution in [-0.2, 0) is 0 Å². The molecule has 0 bridgehead atoms. The highest BCUT2D eigenvalue weighted by molar-refractivity contribution is 6.29. The van der Waals surface area contributed by atoms with E-state index in [2.05, 4.69) is 9.88 Å². The molecule has 4 nitrogen and oxygen atoms in total. The Labute approximate surface area is 131 Å². The number of carbonyl (C=O) groups excluding carboxylic acids is 1. The fourth-order valence-electron chi connectivity index (χ4n) is 3.41. The normalized spacial score (nSPS) is 21.5. The van der Waals surface area contributed by atoms with Crippen molar-refractivity contribution in [2.75, 3.05) is 26.2 Å². The number of nitrogens with zero attached hydrogens (tertiary/aromatic N) is 3. The lowest BCUT2D eigenvalue weighted by Crippen LogP contribution is -2.48. The largest absolute Gasteiger partial charge is 0.337 e. The summed E-state index contributed by atoms with van der Waals surface area (Å²) in [5.74, 6) is 0.00888. The minimum Gasteiger partial charge on any atom is -0.337 e. The molecule has 0 aromatic carbocycles. The van der Waals surface area contributed by atoms with Gasteiger partial charge in [-0.3, -0.25) is 4.79 Å². The minimum atomic E-state index is 0.00888. The van der Waals surface area contributed by atoms with Gasteiger partial charge in [0.05, 0.1) is 0 Å². The molecule has 0 unspecified atom stereocenters. The number of aromatic nitrogens is 1. The second kappa shape index (κ2) is 6.75. The van der Waals surface area contributed by atoms with Gasteiger partial charge in [0.25, 0.3) is 5.91 Å². The summed E-state index contributed by atoms with van der Waals surface area (Å²) >= 11 is 5.86. The topological polar surface area (TPSA) is 36.4 Å². The summed E-state index contributed by atoms with van der Waals surface area (Å²) in [5.41, 5.74) is 0.457. The highest BCUT2D eigenvalue weighted by atomic mass is 35.5. The second-order valence-electron chi connectivity index (χ2n) is 5.97. The van der Waals surface area contributed by atoms with E-state index in [0.717, 1.165) is 25.9 Å². The number of rotatable bonds is 2. The second-order valence-corrected chi connectivity index (χ2v) is 6.35. The standard InChI is InChI=1S/C16H22ClN3O/c17-15-6-4-5-14(18-15)16(21)20-11-7-13(8-12-20)19-9-2-1-3-10-19/h4-6,13H,1-3,7-12H2. The third-order valence-electron chi connectivity index (χ3n) is 4.59. The van der Waals surface area contributed by atoms with Crippen LogP contribution in [0.1, 0.15) is 42.6 Å². The lowest BCUT2D eigenvalue weighted by molar-refractivity contribution is 0.0585. The van der Waals surface area contributed by atoms with Crippen molar-refractivity contribution in [3.05, 3.63) is 29.0 Å². The zero-order chi connectivity index (χ0) is 14.7. The molecule has 0 radical (unpaired) electrons. The lowest BCUT2D eigenvalue weighted by Gasteiger charge is -2.40. The summed E-state index contributed by atoms with van der Waals surface area (Å²) in [5, 5.41) is 0.379. The molecule has 0 N–H and O–H groups in total. The maximum atomic E-state index is 12.4. The number of amides is 1. The molecule has 21 heavy (non-hydrogen) atoms. The van der Waals surface area contributed by atoms with Crippen molar-refractivity contribution in [3.8, 4) is 0 Å². The van der Waals surface area contributed by atoms with Gasteiger partial charge in [0.15, 0.2) is 0 Å². The molecular weight excluding hydrogens is 286 g/mol. The quantitative estimate of drug-likeness (QED) is 0.788. The van der Waals surface area contributed by atoms with Gasteiger partial charge in [0.2, 0.25) is 0 Å². The van der Waals surface area contributed by atoms with E-state index in [1.54, 1.807) is 18.2 Å². The first kappa shape index (κ1) is 14.8. The molecule has 2 saturated heterocycles. The number of piperidine rings is 2. The maximum absolute atomic E-state index is 12.4. The van der Waals surface area contributed by atoms with Gasteiger partial charge in [-0.05, 0) is 50.9 Å². The molecule has 0 spiro atoms. The van der Waals surface area contributed by atoms with Crippen LogP contribution in [-0.4, -0.2) is 52.9 Å². The fraction of sp³-hybridized carbons (Fsp3) is 0.625. The summed E-state index contributed by atoms with van der Waals surface area (Å²) in [6, 6.07) is 5.87. The van der Waals surface area contributed by atoms with Crippen LogP contribution in [0.4, 0.5) is 0 Å². The first-order valence-electron chi connectivity index (χ1n) is 7.90. The minimum absolute atomic E-state index is 0.00888. The average Bonchev–Trinajstić information content (AvgIpc) is 2.55. The Morgan fingerprint density at radius 2 is 1.81 bits per heavy atom. The van der Waals surface area contributed by atoms with Crippen molar-refractivity contribution in [2.45, 2.75) is 38.1 Å². The Morgan fingerprint density at radius 1 is 1.10 bits per heavy atom. The first-order chi connectivity index (χ1) is 10.2. The Morgan fingerprint density at radius 3 is 2.48 bits per heavy atom. The molecule has 2 aliphatic heterocycles. The number of carbonyl (C=O) groups is 1. The van der Waals surface area contributed by atoms with Gasteiger partial charge < -0.3 is 9.80 Å². The van der Waals surface area contributed by atoms with Gasteiger partial charge in [-0.15, -0.1) is 0 Å². The molecule has 3 heterocycles. The Hall–Kier alpha value is -1.13. The third-order valence-corrected chi connectivity index (χ3v) is 4.80. The summed E-state index contributed by atoms with van der Waals surface area (Å²) in [6.45, 7) is 4.12. The molecule has 2 aliphatic rings. The molecule has 0 atom stereocenters. The van der Waals surface area contributed by atoms with Gasteiger partial charge in [0, 0.05) is 19.1 Å². The van der Waals surface area contributed by atoms with Crippen molar-refractivity contribution in [1.29, 1.82) is 0 Å². The van der Waals surface area contributed by atoms with E-state index in [-0.39, 0.29) is 5.91 Å². The number of hydrogen-bond donors (Lipinski definition) is 0. The maximum Gasteiger partial charge on any atom is 0.272 e. The Kier molecular flexibility index (Phi) is 4.76. The van der Waals surface area contributed by atoms with E-state index in [1.807, 2.05) is 4.90 Å². The van der Waals surface area contributed by atoms with Crippen LogP contribution in [0.5, 0.6) is 0 Å². The molecular formula is C16H22ClN3O. The Balaban J connectivity index is 1.56. The van der Waals surface area contributed by atoms with Gasteiger partial charge in [-0.25, -0.2) is 4.98 Å². The predicted molar refractivity (Wildman–Crippen MR) is 83.6 cm³/mol. The zero-order valence-electron chi connectivity index (χ0n) is 12.3. The molecule has 1 aromatic rings. The van der Waals surface area contributed by atoms with E-state index in [1.165, 1.54) is 32.4 Å². The molecule has 1 amide bonds. The van der Waals surface area contributed by atoms with Gasteiger partial charge in [-0.2, -0.15) is 0 Å². The van der Waals surface area contributed by atoms with Crippen LogP contribution in [0.25, 0.3) is 0 Å². The number of halogens is 1. The molecule has 0 saturated carbocycles. The fourth-order valence-corrected chi connectivity index (χ4v) is 3.57. The van der Waals surface area contributed by atoms with E-state index >= 15 is 0 Å². The molecule has 1 aromatic heterocycles. The molecule has 2 fully saturated rings. The SMILES string of the molecule is O=C(c1cccc(Cl)n1)N1CCC(N2CCCCC2)CC1. The van der Waals surface area contributed by atoms with Crippen LogP contribution in [0.3, 0.4) is 0 Å². The molecule has 114 valence electrons. The van der Waals surface area contributed by atoms with Crippen LogP contribution in [0.15, 0.2) is 18.2 Å². The van der Waals surface area contributed by atoms with Crippen molar-refractivity contribution in [3.63, 3.8) is 0 Å². The molecule has 5 heteroatoms. The summed E-state index contributed by atoms with van der Waals surface area (Å²) < 4.78 is 0. The van der Waals surface area contributed by atoms with Gasteiger partial charge >= 0.3 is 0 Å². The van der Waals surface area contributed by atoms with Crippen molar-refractivity contribution in [1.82, 2.24) is 14.8 Å². The Bertz CT molecular complexity index is 494. The number of hydrogen-bond acceptors (Lipinski definition) is 3. The third kappa shape index (κ3) is 3.55. The smallest absolute Gasteiger partial charge is 0.272 e. The van der Waals surface area contributed by atoms with E-state index < -0.39 is 0 Å².